The van der Waals surface area contributed by atoms with Gasteiger partial charge in [-0.05, 0) is 44.4 Å². The summed E-state index contributed by atoms with van der Waals surface area (Å²) in [7, 11) is 0. The van der Waals surface area contributed by atoms with Crippen molar-refractivity contribution in [3.63, 3.8) is 0 Å². The normalized spacial score (nSPS) is 10.6. The lowest BCUT2D eigenvalue weighted by Gasteiger charge is -2.06. The molecule has 0 aliphatic carbocycles. The summed E-state index contributed by atoms with van der Waals surface area (Å²) < 4.78 is 0. The fourth-order valence-electron chi connectivity index (χ4n) is 1.38. The Morgan fingerprint density at radius 1 is 1.24 bits per heavy atom. The Labute approximate surface area is 103 Å². The molecule has 0 aliphatic heterocycles. The summed E-state index contributed by atoms with van der Waals surface area (Å²) >= 11 is 0. The zero-order valence-corrected chi connectivity index (χ0v) is 10.7. The van der Waals surface area contributed by atoms with E-state index in [0.717, 1.165) is 6.42 Å². The van der Waals surface area contributed by atoms with Crippen LogP contribution in [-0.4, -0.2) is 12.1 Å². The van der Waals surface area contributed by atoms with E-state index in [9.17, 15) is 4.79 Å². The minimum Gasteiger partial charge on any atom is -0.293 e. The third-order valence-corrected chi connectivity index (χ3v) is 2.32. The smallest absolute Gasteiger partial charge is 0.293 e. The van der Waals surface area contributed by atoms with E-state index in [-0.39, 0.29) is 6.10 Å². The van der Waals surface area contributed by atoms with Crippen molar-refractivity contribution in [3.8, 4) is 0 Å². The fraction of sp³-hybridized carbons (Fsp3) is 0.500. The molecule has 0 radical (unpaired) electrons. The van der Waals surface area contributed by atoms with Gasteiger partial charge in [0, 0.05) is 0 Å². The highest BCUT2D eigenvalue weighted by Crippen LogP contribution is 2.09. The molecule has 3 heteroatoms. The second-order valence-electron chi connectivity index (χ2n) is 4.32. The Bertz CT molecular complexity index is 341. The van der Waals surface area contributed by atoms with Gasteiger partial charge in [0.2, 0.25) is 0 Å². The predicted molar refractivity (Wildman–Crippen MR) is 66.7 cm³/mol. The van der Waals surface area contributed by atoms with Crippen LogP contribution in [0.15, 0.2) is 24.3 Å². The first-order valence-corrected chi connectivity index (χ1v) is 6.10. The lowest BCUT2D eigenvalue weighted by molar-refractivity contribution is -0.265. The van der Waals surface area contributed by atoms with Crippen LogP contribution in [0.3, 0.4) is 0 Å². The molecule has 0 spiro atoms. The molecule has 1 aromatic rings. The van der Waals surface area contributed by atoms with Crippen LogP contribution in [-0.2, 0) is 16.2 Å². The monoisotopic (exact) mass is 236 g/mol. The maximum absolute atomic E-state index is 11.5. The van der Waals surface area contributed by atoms with Crippen molar-refractivity contribution in [2.45, 2.75) is 46.1 Å². The molecular weight excluding hydrogens is 216 g/mol. The summed E-state index contributed by atoms with van der Waals surface area (Å²) in [4.78, 5) is 21.0. The Morgan fingerprint density at radius 2 is 1.88 bits per heavy atom. The second-order valence-corrected chi connectivity index (χ2v) is 4.32. The summed E-state index contributed by atoms with van der Waals surface area (Å²) in [6, 6.07) is 7.47. The Balaban J connectivity index is 2.51. The van der Waals surface area contributed by atoms with E-state index in [0.29, 0.717) is 5.56 Å². The molecule has 0 heterocycles. The van der Waals surface area contributed by atoms with Crippen molar-refractivity contribution in [2.75, 3.05) is 0 Å². The highest BCUT2D eigenvalue weighted by Gasteiger charge is 2.09. The number of benzene rings is 1. The molecule has 1 aromatic carbocycles. The van der Waals surface area contributed by atoms with Gasteiger partial charge in [0.25, 0.3) is 0 Å². The van der Waals surface area contributed by atoms with Gasteiger partial charge in [-0.3, -0.25) is 4.89 Å². The molecule has 0 saturated carbocycles. The van der Waals surface area contributed by atoms with E-state index in [1.807, 2.05) is 12.1 Å². The molecule has 0 saturated heterocycles. The Kier molecular flexibility index (Phi) is 5.70. The van der Waals surface area contributed by atoms with E-state index < -0.39 is 5.97 Å². The van der Waals surface area contributed by atoms with Crippen molar-refractivity contribution in [1.29, 1.82) is 0 Å². The molecule has 0 fully saturated rings. The van der Waals surface area contributed by atoms with Crippen molar-refractivity contribution in [1.82, 2.24) is 0 Å². The van der Waals surface area contributed by atoms with Gasteiger partial charge in [0.1, 0.15) is 0 Å². The van der Waals surface area contributed by atoms with Crippen molar-refractivity contribution < 1.29 is 14.6 Å². The molecule has 0 aromatic heterocycles. The van der Waals surface area contributed by atoms with Gasteiger partial charge in [-0.1, -0.05) is 25.5 Å². The standard InChI is InChI=1S/C14H20O3/c1-4-5-6-12-7-9-13(10-8-12)14(15)17-16-11(2)3/h7-11H,4-6H2,1-3H3. The number of carbonyl (C=O) groups is 1. The number of aryl methyl sites for hydroxylation is 1. The first-order chi connectivity index (χ1) is 8.13. The first kappa shape index (κ1) is 13.7. The van der Waals surface area contributed by atoms with Crippen LogP contribution in [0.5, 0.6) is 0 Å². The molecule has 1 rings (SSSR count). The molecule has 0 atom stereocenters. The summed E-state index contributed by atoms with van der Waals surface area (Å²) in [5, 5.41) is 0. The van der Waals surface area contributed by atoms with E-state index in [4.69, 9.17) is 4.89 Å². The lowest BCUT2D eigenvalue weighted by atomic mass is 10.1. The molecular formula is C14H20O3. The van der Waals surface area contributed by atoms with E-state index in [2.05, 4.69) is 11.8 Å². The molecule has 17 heavy (non-hydrogen) atoms. The van der Waals surface area contributed by atoms with Gasteiger partial charge < -0.3 is 0 Å². The largest absolute Gasteiger partial charge is 0.373 e. The summed E-state index contributed by atoms with van der Waals surface area (Å²) in [5.74, 6) is -0.444. The summed E-state index contributed by atoms with van der Waals surface area (Å²) in [6.45, 7) is 5.78. The molecule has 0 N–H and O–H groups in total. The van der Waals surface area contributed by atoms with Crippen LogP contribution in [0.2, 0.25) is 0 Å². The van der Waals surface area contributed by atoms with Crippen molar-refractivity contribution in [3.05, 3.63) is 35.4 Å². The molecule has 0 amide bonds. The van der Waals surface area contributed by atoms with Gasteiger partial charge in [0.15, 0.2) is 0 Å². The number of rotatable bonds is 6. The molecule has 94 valence electrons. The zero-order valence-electron chi connectivity index (χ0n) is 10.7. The van der Waals surface area contributed by atoms with Crippen LogP contribution < -0.4 is 0 Å². The fourth-order valence-corrected chi connectivity index (χ4v) is 1.38. The predicted octanol–water partition coefficient (Wildman–Crippen LogP) is 3.53. The van der Waals surface area contributed by atoms with Crippen LogP contribution in [0.25, 0.3) is 0 Å². The van der Waals surface area contributed by atoms with Gasteiger partial charge >= 0.3 is 5.97 Å². The Morgan fingerprint density at radius 3 is 2.41 bits per heavy atom. The minimum absolute atomic E-state index is 0.122. The third kappa shape index (κ3) is 5.00. The topological polar surface area (TPSA) is 35.5 Å². The quantitative estimate of drug-likeness (QED) is 0.560. The first-order valence-electron chi connectivity index (χ1n) is 6.10. The van der Waals surface area contributed by atoms with Crippen molar-refractivity contribution in [2.24, 2.45) is 0 Å². The summed E-state index contributed by atoms with van der Waals surface area (Å²) in [6.07, 6.45) is 3.27. The van der Waals surface area contributed by atoms with Crippen LogP contribution >= 0.6 is 0 Å². The zero-order chi connectivity index (χ0) is 12.7. The molecule has 0 bridgehead atoms. The average molecular weight is 236 g/mol. The molecule has 0 unspecified atom stereocenters. The van der Waals surface area contributed by atoms with Gasteiger partial charge in [-0.2, -0.15) is 4.89 Å². The van der Waals surface area contributed by atoms with Gasteiger partial charge in [-0.15, -0.1) is 0 Å². The van der Waals surface area contributed by atoms with E-state index >= 15 is 0 Å². The number of hydrogen-bond acceptors (Lipinski definition) is 3. The lowest BCUT2D eigenvalue weighted by Crippen LogP contribution is -2.10. The van der Waals surface area contributed by atoms with Crippen LogP contribution in [0, 0.1) is 0 Å². The number of hydrogen-bond donors (Lipinski definition) is 0. The SMILES string of the molecule is CCCCc1ccc(C(=O)OOC(C)C)cc1. The Hall–Kier alpha value is -1.35. The van der Waals surface area contributed by atoms with E-state index in [1.165, 1.54) is 18.4 Å². The highest BCUT2D eigenvalue weighted by molar-refractivity contribution is 5.88. The van der Waals surface area contributed by atoms with Crippen molar-refractivity contribution >= 4 is 5.97 Å². The minimum atomic E-state index is -0.444. The second kappa shape index (κ2) is 7.07. The summed E-state index contributed by atoms with van der Waals surface area (Å²) in [5.41, 5.74) is 1.76. The van der Waals surface area contributed by atoms with Gasteiger partial charge in [-0.25, -0.2) is 4.79 Å². The highest BCUT2D eigenvalue weighted by atomic mass is 17.2. The van der Waals surface area contributed by atoms with E-state index in [1.54, 1.807) is 26.0 Å². The molecule has 3 nitrogen and oxygen atoms in total. The number of carbonyl (C=O) groups excluding carboxylic acids is 1. The van der Waals surface area contributed by atoms with Crippen LogP contribution in [0.4, 0.5) is 0 Å². The number of unbranched alkanes of at least 4 members (excludes halogenated alkanes) is 1. The maximum atomic E-state index is 11.5. The third-order valence-electron chi connectivity index (χ3n) is 2.32. The van der Waals surface area contributed by atoms with Gasteiger partial charge in [0.05, 0.1) is 11.7 Å². The molecule has 0 aliphatic rings. The maximum Gasteiger partial charge on any atom is 0.373 e. The average Bonchev–Trinajstić information content (AvgIpc) is 2.34. The van der Waals surface area contributed by atoms with Crippen LogP contribution in [0.1, 0.15) is 49.5 Å².